The van der Waals surface area contributed by atoms with Gasteiger partial charge in [-0.25, -0.2) is 4.39 Å². The zero-order valence-corrected chi connectivity index (χ0v) is 14.7. The predicted molar refractivity (Wildman–Crippen MR) is 95.2 cm³/mol. The van der Waals surface area contributed by atoms with Gasteiger partial charge in [0.2, 0.25) is 0 Å². The summed E-state index contributed by atoms with van der Waals surface area (Å²) >= 11 is 0. The lowest BCUT2D eigenvalue weighted by Gasteiger charge is -2.29. The third kappa shape index (κ3) is 3.41. The molecule has 0 spiro atoms. The number of nitrogens with zero attached hydrogens (tertiary/aromatic N) is 3. The first kappa shape index (κ1) is 16.5. The summed E-state index contributed by atoms with van der Waals surface area (Å²) in [6.07, 6.45) is 5.32. The lowest BCUT2D eigenvalue weighted by molar-refractivity contribution is 0.122. The van der Waals surface area contributed by atoms with Crippen LogP contribution in [0.1, 0.15) is 35.7 Å². The van der Waals surface area contributed by atoms with Gasteiger partial charge < -0.3 is 15.0 Å². The summed E-state index contributed by atoms with van der Waals surface area (Å²) in [5.41, 5.74) is 4.27. The van der Waals surface area contributed by atoms with E-state index in [4.69, 9.17) is 4.74 Å². The predicted octanol–water partition coefficient (Wildman–Crippen LogP) is 2.56. The van der Waals surface area contributed by atoms with Crippen LogP contribution in [-0.4, -0.2) is 36.1 Å². The van der Waals surface area contributed by atoms with Crippen LogP contribution in [0.4, 0.5) is 10.1 Å². The number of fused-ring (bicyclic) bond motifs is 1. The molecular weight excluding hydrogens is 319 g/mol. The van der Waals surface area contributed by atoms with Crippen molar-refractivity contribution in [3.63, 3.8) is 0 Å². The highest BCUT2D eigenvalue weighted by atomic mass is 19.1. The van der Waals surface area contributed by atoms with E-state index in [-0.39, 0.29) is 5.82 Å². The van der Waals surface area contributed by atoms with E-state index < -0.39 is 0 Å². The van der Waals surface area contributed by atoms with Crippen LogP contribution in [0.2, 0.25) is 0 Å². The molecule has 1 aliphatic carbocycles. The second kappa shape index (κ2) is 7.14. The molecule has 1 fully saturated rings. The Morgan fingerprint density at radius 2 is 2.16 bits per heavy atom. The Bertz CT molecular complexity index is 739. The molecule has 1 aromatic carbocycles. The standard InChI is InChI=1S/C19H25FN4O/c1-23-18-4-2-3-17(15(18)13-22-23)21-12-14-5-6-19(16(20)11-14)24-7-9-25-10-8-24/h5-6,11,13,17,21H,2-4,7-10,12H2,1H3. The van der Waals surface area contributed by atoms with Crippen LogP contribution in [-0.2, 0) is 24.8 Å². The maximum absolute atomic E-state index is 14.5. The Morgan fingerprint density at radius 1 is 1.32 bits per heavy atom. The molecule has 0 saturated carbocycles. The van der Waals surface area contributed by atoms with Crippen LogP contribution in [0.25, 0.3) is 0 Å². The summed E-state index contributed by atoms with van der Waals surface area (Å²) in [4.78, 5) is 2.05. The van der Waals surface area contributed by atoms with Gasteiger partial charge in [-0.1, -0.05) is 6.07 Å². The van der Waals surface area contributed by atoms with Crippen LogP contribution in [0.15, 0.2) is 24.4 Å². The molecule has 1 aromatic heterocycles. The number of rotatable bonds is 4. The number of hydrogen-bond donors (Lipinski definition) is 1. The third-order valence-electron chi connectivity index (χ3n) is 5.29. The van der Waals surface area contributed by atoms with Gasteiger partial charge in [0.1, 0.15) is 5.82 Å². The van der Waals surface area contributed by atoms with E-state index in [0.717, 1.165) is 37.9 Å². The van der Waals surface area contributed by atoms with Crippen molar-refractivity contribution in [3.8, 4) is 0 Å². The average Bonchev–Trinajstić information content (AvgIpc) is 3.03. The largest absolute Gasteiger partial charge is 0.378 e. The van der Waals surface area contributed by atoms with Crippen LogP contribution >= 0.6 is 0 Å². The minimum atomic E-state index is -0.146. The molecule has 1 unspecified atom stereocenters. The monoisotopic (exact) mass is 344 g/mol. The van der Waals surface area contributed by atoms with E-state index in [9.17, 15) is 4.39 Å². The van der Waals surface area contributed by atoms with Crippen LogP contribution in [0.3, 0.4) is 0 Å². The van der Waals surface area contributed by atoms with E-state index in [2.05, 4.69) is 15.3 Å². The molecule has 4 rings (SSSR count). The lowest BCUT2D eigenvalue weighted by Crippen LogP contribution is -2.36. The summed E-state index contributed by atoms with van der Waals surface area (Å²) in [6, 6.07) is 5.88. The fourth-order valence-electron chi connectivity index (χ4n) is 3.88. The Hall–Kier alpha value is -1.92. The third-order valence-corrected chi connectivity index (χ3v) is 5.29. The van der Waals surface area contributed by atoms with Gasteiger partial charge in [0, 0.05) is 44.0 Å². The fraction of sp³-hybridized carbons (Fsp3) is 0.526. The molecule has 25 heavy (non-hydrogen) atoms. The summed E-state index contributed by atoms with van der Waals surface area (Å²) in [7, 11) is 2.00. The van der Waals surface area contributed by atoms with E-state index in [0.29, 0.717) is 31.5 Å². The Labute approximate surface area is 147 Å². The molecule has 1 saturated heterocycles. The Balaban J connectivity index is 1.43. The number of hydrogen-bond acceptors (Lipinski definition) is 4. The number of morpholine rings is 1. The van der Waals surface area contributed by atoms with E-state index in [1.165, 1.54) is 11.3 Å². The van der Waals surface area contributed by atoms with Crippen LogP contribution in [0.5, 0.6) is 0 Å². The Kier molecular flexibility index (Phi) is 4.72. The molecule has 0 amide bonds. The van der Waals surface area contributed by atoms with Gasteiger partial charge in [-0.05, 0) is 37.0 Å². The number of aryl methyl sites for hydroxylation is 1. The van der Waals surface area contributed by atoms with Crippen LogP contribution in [0, 0.1) is 5.82 Å². The quantitative estimate of drug-likeness (QED) is 0.926. The highest BCUT2D eigenvalue weighted by Gasteiger charge is 2.23. The number of halogens is 1. The number of anilines is 1. The molecule has 0 bridgehead atoms. The fourth-order valence-corrected chi connectivity index (χ4v) is 3.88. The van der Waals surface area contributed by atoms with Crippen molar-refractivity contribution in [2.45, 2.75) is 31.8 Å². The number of ether oxygens (including phenoxy) is 1. The first-order valence-corrected chi connectivity index (χ1v) is 9.07. The van der Waals surface area contributed by atoms with E-state index in [1.807, 2.05) is 30.1 Å². The van der Waals surface area contributed by atoms with Gasteiger partial charge in [0.25, 0.3) is 0 Å². The van der Waals surface area contributed by atoms with E-state index >= 15 is 0 Å². The number of benzene rings is 1. The summed E-state index contributed by atoms with van der Waals surface area (Å²) < 4.78 is 21.8. The molecule has 2 aliphatic rings. The van der Waals surface area contributed by atoms with Crippen molar-refractivity contribution in [3.05, 3.63) is 47.0 Å². The zero-order chi connectivity index (χ0) is 17.2. The molecule has 5 nitrogen and oxygen atoms in total. The highest BCUT2D eigenvalue weighted by molar-refractivity contribution is 5.49. The van der Waals surface area contributed by atoms with Gasteiger partial charge >= 0.3 is 0 Å². The van der Waals surface area contributed by atoms with Crippen LogP contribution < -0.4 is 10.2 Å². The molecule has 134 valence electrons. The van der Waals surface area contributed by atoms with Gasteiger partial charge in [-0.3, -0.25) is 4.68 Å². The molecule has 6 heteroatoms. The van der Waals surface area contributed by atoms with Gasteiger partial charge in [0.05, 0.1) is 25.1 Å². The normalized spacial score (nSPS) is 20.6. The van der Waals surface area contributed by atoms with Crippen molar-refractivity contribution in [2.75, 3.05) is 31.2 Å². The maximum Gasteiger partial charge on any atom is 0.146 e. The SMILES string of the molecule is Cn1ncc2c1CCCC2NCc1ccc(N2CCOCC2)c(F)c1. The van der Waals surface area contributed by atoms with Gasteiger partial charge in [0.15, 0.2) is 0 Å². The topological polar surface area (TPSA) is 42.3 Å². The molecule has 2 heterocycles. The minimum Gasteiger partial charge on any atom is -0.378 e. The number of aromatic nitrogens is 2. The van der Waals surface area contributed by atoms with E-state index in [1.54, 1.807) is 6.07 Å². The highest BCUT2D eigenvalue weighted by Crippen LogP contribution is 2.29. The second-order valence-electron chi connectivity index (χ2n) is 6.88. The second-order valence-corrected chi connectivity index (χ2v) is 6.88. The first-order valence-electron chi connectivity index (χ1n) is 9.07. The smallest absolute Gasteiger partial charge is 0.146 e. The minimum absolute atomic E-state index is 0.146. The van der Waals surface area contributed by atoms with Crippen molar-refractivity contribution in [1.82, 2.24) is 15.1 Å². The molecular formula is C19H25FN4O. The first-order chi connectivity index (χ1) is 12.2. The summed E-state index contributed by atoms with van der Waals surface area (Å²) in [5.74, 6) is -0.146. The zero-order valence-electron chi connectivity index (χ0n) is 14.7. The molecule has 2 aromatic rings. The van der Waals surface area contributed by atoms with Crippen molar-refractivity contribution >= 4 is 5.69 Å². The summed E-state index contributed by atoms with van der Waals surface area (Å²) in [6.45, 7) is 3.50. The van der Waals surface area contributed by atoms with Crippen molar-refractivity contribution in [2.24, 2.45) is 7.05 Å². The number of nitrogens with one attached hydrogen (secondary N) is 1. The van der Waals surface area contributed by atoms with Gasteiger partial charge in [-0.2, -0.15) is 5.10 Å². The summed E-state index contributed by atoms with van der Waals surface area (Å²) in [5, 5.41) is 7.96. The molecule has 1 N–H and O–H groups in total. The molecule has 0 radical (unpaired) electrons. The Morgan fingerprint density at radius 3 is 2.96 bits per heavy atom. The van der Waals surface area contributed by atoms with Gasteiger partial charge in [-0.15, -0.1) is 0 Å². The average molecular weight is 344 g/mol. The maximum atomic E-state index is 14.5. The molecule has 1 atom stereocenters. The van der Waals surface area contributed by atoms with Crippen molar-refractivity contribution < 1.29 is 9.13 Å². The lowest BCUT2D eigenvalue weighted by atomic mass is 9.93. The van der Waals surface area contributed by atoms with Crippen molar-refractivity contribution in [1.29, 1.82) is 0 Å². The molecule has 1 aliphatic heterocycles.